The minimum Gasteiger partial charge on any atom is -0.490 e. The maximum atomic E-state index is 12.4. The molecule has 2 aliphatic rings. The Morgan fingerprint density at radius 3 is 2.24 bits per heavy atom. The topological polar surface area (TPSA) is 104 Å². The number of imidazole rings is 1. The lowest BCUT2D eigenvalue weighted by Crippen LogP contribution is -2.51. The molecule has 1 aromatic heterocycles. The van der Waals surface area contributed by atoms with E-state index >= 15 is 0 Å². The lowest BCUT2D eigenvalue weighted by atomic mass is 10.1. The number of fused-ring (bicyclic) bond motifs is 1. The van der Waals surface area contributed by atoms with Crippen LogP contribution in [0.1, 0.15) is 18.9 Å². The highest BCUT2D eigenvalue weighted by atomic mass is 19.4. The number of benzene rings is 3. The highest BCUT2D eigenvalue weighted by Gasteiger charge is 2.31. The summed E-state index contributed by atoms with van der Waals surface area (Å²) in [6.07, 6.45) is -2.93. The molecule has 3 aromatic carbocycles. The van der Waals surface area contributed by atoms with Crippen molar-refractivity contribution in [2.45, 2.75) is 44.9 Å². The molecule has 1 fully saturated rings. The average Bonchev–Trinajstić information content (AvgIpc) is 3.46. The van der Waals surface area contributed by atoms with E-state index in [1.165, 1.54) is 30.5 Å². The van der Waals surface area contributed by atoms with Crippen molar-refractivity contribution in [1.82, 2.24) is 14.5 Å². The summed E-state index contributed by atoms with van der Waals surface area (Å²) in [7, 11) is 0. The summed E-state index contributed by atoms with van der Waals surface area (Å²) in [6.45, 7) is 6.52. The standard InChI is InChI=1S/C32H32F3N5O6/c1-22-18-37(19-23-2-6-26(7-3-23)44-27-10-12-28(13-11-27)46-32(33,34)35)16-17-39(22)24-4-8-25(9-5-24)43-21-29-14-15-38-20-30(40(41)42)36-31(38)45-29/h2-13,20,22,29H,14-19,21H2,1H3/t22-,29-/m0/s1. The van der Waals surface area contributed by atoms with Crippen molar-refractivity contribution in [3.05, 3.63) is 94.7 Å². The van der Waals surface area contributed by atoms with Crippen molar-refractivity contribution in [2.75, 3.05) is 31.1 Å². The molecule has 0 spiro atoms. The number of aromatic nitrogens is 2. The van der Waals surface area contributed by atoms with Crippen LogP contribution in [0.5, 0.6) is 29.0 Å². The molecule has 6 rings (SSSR count). The first kappa shape index (κ1) is 31.0. The van der Waals surface area contributed by atoms with Gasteiger partial charge >= 0.3 is 18.2 Å². The normalized spacial score (nSPS) is 18.4. The van der Waals surface area contributed by atoms with E-state index in [1.54, 1.807) is 4.57 Å². The van der Waals surface area contributed by atoms with Crippen LogP contribution in [0.25, 0.3) is 0 Å². The first-order chi connectivity index (χ1) is 22.1. The second kappa shape index (κ2) is 13.2. The number of piperazine rings is 1. The molecule has 0 saturated carbocycles. The lowest BCUT2D eigenvalue weighted by Gasteiger charge is -2.41. The molecule has 14 heteroatoms. The molecule has 2 aliphatic heterocycles. The highest BCUT2D eigenvalue weighted by Crippen LogP contribution is 2.29. The number of nitro groups is 1. The number of hydrogen-bond donors (Lipinski definition) is 0. The molecule has 0 amide bonds. The minimum atomic E-state index is -4.73. The molecule has 11 nitrogen and oxygen atoms in total. The van der Waals surface area contributed by atoms with Gasteiger partial charge in [-0.1, -0.05) is 12.1 Å². The first-order valence-corrected chi connectivity index (χ1v) is 14.8. The van der Waals surface area contributed by atoms with Gasteiger partial charge in [-0.05, 0) is 78.1 Å². The number of anilines is 1. The highest BCUT2D eigenvalue weighted by molar-refractivity contribution is 5.50. The zero-order chi connectivity index (χ0) is 32.3. The Balaban J connectivity index is 0.949. The van der Waals surface area contributed by atoms with E-state index in [0.29, 0.717) is 31.1 Å². The molecule has 46 heavy (non-hydrogen) atoms. The summed E-state index contributed by atoms with van der Waals surface area (Å²) >= 11 is 0. The van der Waals surface area contributed by atoms with E-state index in [2.05, 4.69) is 38.6 Å². The van der Waals surface area contributed by atoms with Gasteiger partial charge in [0.1, 0.15) is 41.9 Å². The number of aryl methyl sites for hydroxylation is 1. The van der Waals surface area contributed by atoms with Gasteiger partial charge in [0.2, 0.25) is 0 Å². The Morgan fingerprint density at radius 1 is 0.935 bits per heavy atom. The van der Waals surface area contributed by atoms with Crippen LogP contribution < -0.4 is 23.8 Å². The average molecular weight is 640 g/mol. The van der Waals surface area contributed by atoms with Crippen LogP contribution in [-0.2, 0) is 13.1 Å². The van der Waals surface area contributed by atoms with Crippen molar-refractivity contribution in [1.29, 1.82) is 0 Å². The Labute approximate surface area is 262 Å². The summed E-state index contributed by atoms with van der Waals surface area (Å²) in [6, 6.07) is 21.5. The zero-order valence-corrected chi connectivity index (χ0v) is 24.9. The summed E-state index contributed by atoms with van der Waals surface area (Å²) in [5.41, 5.74) is 2.25. The number of halogens is 3. The van der Waals surface area contributed by atoms with Gasteiger partial charge in [0.05, 0.1) is 0 Å². The van der Waals surface area contributed by atoms with E-state index in [1.807, 2.05) is 36.4 Å². The van der Waals surface area contributed by atoms with Gasteiger partial charge < -0.3 is 34.0 Å². The predicted octanol–water partition coefficient (Wildman–Crippen LogP) is 6.42. The maximum Gasteiger partial charge on any atom is 0.573 e. The van der Waals surface area contributed by atoms with Crippen LogP contribution in [0.2, 0.25) is 0 Å². The van der Waals surface area contributed by atoms with Crippen molar-refractivity contribution in [2.24, 2.45) is 0 Å². The molecule has 0 radical (unpaired) electrons. The van der Waals surface area contributed by atoms with Crippen molar-refractivity contribution in [3.63, 3.8) is 0 Å². The van der Waals surface area contributed by atoms with E-state index in [4.69, 9.17) is 14.2 Å². The van der Waals surface area contributed by atoms with E-state index in [-0.39, 0.29) is 29.7 Å². The van der Waals surface area contributed by atoms with Crippen molar-refractivity contribution in [3.8, 4) is 29.0 Å². The van der Waals surface area contributed by atoms with Gasteiger partial charge in [0.15, 0.2) is 0 Å². The molecule has 2 atom stereocenters. The first-order valence-electron chi connectivity index (χ1n) is 14.8. The van der Waals surface area contributed by atoms with Crippen LogP contribution in [0.3, 0.4) is 0 Å². The molecule has 3 heterocycles. The number of alkyl halides is 3. The number of hydrogen-bond acceptors (Lipinski definition) is 9. The number of nitrogens with zero attached hydrogens (tertiary/aromatic N) is 5. The fourth-order valence-electron chi connectivity index (χ4n) is 5.59. The van der Waals surface area contributed by atoms with Gasteiger partial charge in [0, 0.05) is 55.9 Å². The SMILES string of the molecule is C[C@H]1CN(Cc2ccc(Oc3ccc(OC(F)(F)F)cc3)cc2)CCN1c1ccc(OC[C@@H]2CCn3cc([N+](=O)[O-])nc3O2)cc1. The smallest absolute Gasteiger partial charge is 0.490 e. The van der Waals surface area contributed by atoms with Gasteiger partial charge in [-0.2, -0.15) is 0 Å². The third-order valence-corrected chi connectivity index (χ3v) is 7.82. The monoisotopic (exact) mass is 639 g/mol. The second-order valence-electron chi connectivity index (χ2n) is 11.2. The van der Waals surface area contributed by atoms with Gasteiger partial charge in [-0.25, -0.2) is 0 Å². The van der Waals surface area contributed by atoms with Gasteiger partial charge in [-0.15, -0.1) is 13.2 Å². The van der Waals surface area contributed by atoms with Gasteiger partial charge in [0.25, 0.3) is 0 Å². The van der Waals surface area contributed by atoms with E-state index < -0.39 is 11.3 Å². The molecule has 4 aromatic rings. The predicted molar refractivity (Wildman–Crippen MR) is 162 cm³/mol. The van der Waals surface area contributed by atoms with Crippen LogP contribution >= 0.6 is 0 Å². The number of ether oxygens (including phenoxy) is 4. The fourth-order valence-corrected chi connectivity index (χ4v) is 5.59. The summed E-state index contributed by atoms with van der Waals surface area (Å²) < 4.78 is 60.1. The van der Waals surface area contributed by atoms with Crippen LogP contribution in [0.15, 0.2) is 79.0 Å². The van der Waals surface area contributed by atoms with E-state index in [0.717, 1.165) is 43.2 Å². The molecule has 0 bridgehead atoms. The van der Waals surface area contributed by atoms with Crippen molar-refractivity contribution >= 4 is 11.5 Å². The summed E-state index contributed by atoms with van der Waals surface area (Å²) in [4.78, 5) is 19.1. The molecule has 0 N–H and O–H groups in total. The molecule has 0 aliphatic carbocycles. The molecular formula is C32H32F3N5O6. The number of rotatable bonds is 10. The summed E-state index contributed by atoms with van der Waals surface area (Å²) in [5, 5.41) is 11.0. The third kappa shape index (κ3) is 7.80. The zero-order valence-electron chi connectivity index (χ0n) is 24.9. The Morgan fingerprint density at radius 2 is 1.59 bits per heavy atom. The van der Waals surface area contributed by atoms with E-state index in [9.17, 15) is 23.3 Å². The lowest BCUT2D eigenvalue weighted by molar-refractivity contribution is -0.389. The molecular weight excluding hydrogens is 607 g/mol. The molecule has 0 unspecified atom stereocenters. The Kier molecular flexibility index (Phi) is 8.88. The summed E-state index contributed by atoms with van der Waals surface area (Å²) in [5.74, 6) is 1.19. The van der Waals surface area contributed by atoms with Gasteiger partial charge in [-0.3, -0.25) is 9.47 Å². The van der Waals surface area contributed by atoms with Crippen LogP contribution in [0.4, 0.5) is 24.7 Å². The Bertz CT molecular complexity index is 1630. The minimum absolute atomic E-state index is 0.224. The molecule has 242 valence electrons. The molecule has 1 saturated heterocycles. The van der Waals surface area contributed by atoms with Crippen LogP contribution in [-0.4, -0.2) is 64.1 Å². The second-order valence-corrected chi connectivity index (χ2v) is 11.2. The largest absolute Gasteiger partial charge is 0.573 e. The third-order valence-electron chi connectivity index (χ3n) is 7.82. The van der Waals surface area contributed by atoms with Crippen molar-refractivity contribution < 1.29 is 37.0 Å². The maximum absolute atomic E-state index is 12.4. The Hall–Kier alpha value is -4.98. The van der Waals surface area contributed by atoms with Crippen LogP contribution in [0, 0.1) is 10.1 Å². The fraction of sp³-hybridized carbons (Fsp3) is 0.344. The quantitative estimate of drug-likeness (QED) is 0.144.